The molecule has 5 rings (SSSR count). The standard InChI is InChI=1S/C29H36ClN3O5S/c1-19-18-38-16-14-33(19)29(34)22-7-9-23(10-8-22)32-39(35,36)24-11-12-25-26(17-24)31-28(27(25)30)21-5-3-20(4-6-21)13-15-37-2/h3-6,11-12,17,19,22-23,31-32H,7-10,13-16,18H2,1-2H3/t19-,22?,23?/m0/s1. The van der Waals surface area contributed by atoms with Gasteiger partial charge in [-0.1, -0.05) is 35.9 Å². The molecule has 2 aromatic carbocycles. The SMILES string of the molecule is COCCc1ccc(-c2[nH]c3cc(S(=O)(=O)NC4CCC(C(=O)N5CCOC[C@@H]5C)CC4)ccc3c2Cl)cc1. The van der Waals surface area contributed by atoms with Gasteiger partial charge in [-0.15, -0.1) is 0 Å². The van der Waals surface area contributed by atoms with Crippen molar-refractivity contribution in [3.8, 4) is 11.3 Å². The largest absolute Gasteiger partial charge is 0.384 e. The fraction of sp³-hybridized carbons (Fsp3) is 0.483. The van der Waals surface area contributed by atoms with Crippen molar-refractivity contribution in [1.29, 1.82) is 0 Å². The van der Waals surface area contributed by atoms with Crippen LogP contribution >= 0.6 is 11.6 Å². The number of H-pyrrole nitrogens is 1. The second-order valence-electron chi connectivity index (χ2n) is 10.6. The van der Waals surface area contributed by atoms with E-state index in [0.29, 0.717) is 62.6 Å². The van der Waals surface area contributed by atoms with Gasteiger partial charge < -0.3 is 19.4 Å². The van der Waals surface area contributed by atoms with E-state index in [2.05, 4.69) is 9.71 Å². The Hall–Kier alpha value is -2.43. The number of carbonyl (C=O) groups is 1. The Labute approximate surface area is 235 Å². The summed E-state index contributed by atoms with van der Waals surface area (Å²) in [5, 5.41) is 1.33. The van der Waals surface area contributed by atoms with Crippen LogP contribution in [-0.4, -0.2) is 69.8 Å². The summed E-state index contributed by atoms with van der Waals surface area (Å²) in [6.45, 7) is 4.43. The number of nitrogens with one attached hydrogen (secondary N) is 2. The van der Waals surface area contributed by atoms with Crippen LogP contribution in [-0.2, 0) is 30.7 Å². The van der Waals surface area contributed by atoms with E-state index in [1.807, 2.05) is 36.1 Å². The van der Waals surface area contributed by atoms with E-state index in [1.165, 1.54) is 5.56 Å². The van der Waals surface area contributed by atoms with E-state index < -0.39 is 10.0 Å². The summed E-state index contributed by atoms with van der Waals surface area (Å²) in [4.78, 5) is 18.4. The minimum Gasteiger partial charge on any atom is -0.384 e. The molecule has 0 bridgehead atoms. The number of fused-ring (bicyclic) bond motifs is 1. The third kappa shape index (κ3) is 6.18. The maximum Gasteiger partial charge on any atom is 0.240 e. The number of methoxy groups -OCH3 is 1. The number of amides is 1. The average Bonchev–Trinajstić information content (AvgIpc) is 3.28. The number of halogens is 1. The molecule has 0 radical (unpaired) electrons. The lowest BCUT2D eigenvalue weighted by Crippen LogP contribution is -2.50. The van der Waals surface area contributed by atoms with Crippen molar-refractivity contribution in [1.82, 2.24) is 14.6 Å². The lowest BCUT2D eigenvalue weighted by Gasteiger charge is -2.37. The lowest BCUT2D eigenvalue weighted by molar-refractivity contribution is -0.144. The summed E-state index contributed by atoms with van der Waals surface area (Å²) in [6.07, 6.45) is 3.45. The van der Waals surface area contributed by atoms with Gasteiger partial charge in [0, 0.05) is 36.5 Å². The number of aromatic amines is 1. The zero-order valence-electron chi connectivity index (χ0n) is 22.4. The number of rotatable bonds is 8. The molecule has 0 spiro atoms. The van der Waals surface area contributed by atoms with Gasteiger partial charge in [-0.3, -0.25) is 4.79 Å². The first-order valence-electron chi connectivity index (χ1n) is 13.6. The fourth-order valence-corrected chi connectivity index (χ4v) is 7.25. The molecule has 8 nitrogen and oxygen atoms in total. The van der Waals surface area contributed by atoms with Crippen molar-refractivity contribution in [3.05, 3.63) is 53.1 Å². The molecule has 1 aliphatic heterocycles. The summed E-state index contributed by atoms with van der Waals surface area (Å²) >= 11 is 6.69. The van der Waals surface area contributed by atoms with Gasteiger partial charge in [-0.2, -0.15) is 0 Å². The Morgan fingerprint density at radius 3 is 2.59 bits per heavy atom. The molecule has 3 aromatic rings. The first-order chi connectivity index (χ1) is 18.8. The Morgan fingerprint density at radius 2 is 1.90 bits per heavy atom. The minimum absolute atomic E-state index is 0.0591. The maximum absolute atomic E-state index is 13.3. The van der Waals surface area contributed by atoms with E-state index in [1.54, 1.807) is 25.3 Å². The number of hydrogen-bond acceptors (Lipinski definition) is 5. The van der Waals surface area contributed by atoms with Crippen LogP contribution in [0.1, 0.15) is 38.2 Å². The molecule has 2 aliphatic rings. The third-order valence-electron chi connectivity index (χ3n) is 7.90. The highest BCUT2D eigenvalue weighted by atomic mass is 35.5. The summed E-state index contributed by atoms with van der Waals surface area (Å²) in [5.74, 6) is 0.109. The number of hydrogen-bond donors (Lipinski definition) is 2. The number of morpholine rings is 1. The van der Waals surface area contributed by atoms with Crippen molar-refractivity contribution in [2.45, 2.75) is 56.0 Å². The Balaban J connectivity index is 1.25. The molecule has 1 aromatic heterocycles. The summed E-state index contributed by atoms with van der Waals surface area (Å²) in [6, 6.07) is 12.9. The van der Waals surface area contributed by atoms with Gasteiger partial charge in [0.25, 0.3) is 0 Å². The smallest absolute Gasteiger partial charge is 0.240 e. The molecule has 39 heavy (non-hydrogen) atoms. The number of aromatic nitrogens is 1. The highest BCUT2D eigenvalue weighted by Gasteiger charge is 2.34. The minimum atomic E-state index is -3.74. The first-order valence-corrected chi connectivity index (χ1v) is 15.4. The fourth-order valence-electron chi connectivity index (χ4n) is 5.60. The van der Waals surface area contributed by atoms with E-state index >= 15 is 0 Å². The normalized spacial score (nSPS) is 22.3. The summed E-state index contributed by atoms with van der Waals surface area (Å²) < 4.78 is 40.0. The predicted octanol–water partition coefficient (Wildman–Crippen LogP) is 4.76. The molecule has 10 heteroatoms. The third-order valence-corrected chi connectivity index (χ3v) is 9.81. The molecule has 2 N–H and O–H groups in total. The van der Waals surface area contributed by atoms with Crippen molar-refractivity contribution in [3.63, 3.8) is 0 Å². The topological polar surface area (TPSA) is 101 Å². The maximum atomic E-state index is 13.3. The van der Waals surface area contributed by atoms with Crippen LogP contribution in [0.3, 0.4) is 0 Å². The van der Waals surface area contributed by atoms with Crippen LogP contribution in [0.4, 0.5) is 0 Å². The van der Waals surface area contributed by atoms with Crippen molar-refractivity contribution in [2.24, 2.45) is 5.92 Å². The zero-order chi connectivity index (χ0) is 27.6. The molecule has 1 atom stereocenters. The van der Waals surface area contributed by atoms with Gasteiger partial charge in [0.05, 0.1) is 41.5 Å². The monoisotopic (exact) mass is 573 g/mol. The van der Waals surface area contributed by atoms with Crippen LogP contribution in [0.2, 0.25) is 5.02 Å². The van der Waals surface area contributed by atoms with Crippen LogP contribution in [0, 0.1) is 5.92 Å². The van der Waals surface area contributed by atoms with Gasteiger partial charge in [0.2, 0.25) is 15.9 Å². The molecule has 210 valence electrons. The number of ether oxygens (including phenoxy) is 2. The molecule has 1 saturated carbocycles. The van der Waals surface area contributed by atoms with Gasteiger partial charge in [-0.25, -0.2) is 13.1 Å². The Kier molecular flexibility index (Phi) is 8.63. The van der Waals surface area contributed by atoms with E-state index in [0.717, 1.165) is 23.1 Å². The summed E-state index contributed by atoms with van der Waals surface area (Å²) in [7, 11) is -2.05. The highest BCUT2D eigenvalue weighted by Crippen LogP contribution is 2.36. The first kappa shape index (κ1) is 28.1. The molecule has 0 unspecified atom stereocenters. The second-order valence-corrected chi connectivity index (χ2v) is 12.7. The van der Waals surface area contributed by atoms with Crippen LogP contribution in [0.25, 0.3) is 22.2 Å². The molecule has 1 saturated heterocycles. The molecule has 2 heterocycles. The number of nitrogens with zero attached hydrogens (tertiary/aromatic N) is 1. The van der Waals surface area contributed by atoms with E-state index in [-0.39, 0.29) is 28.8 Å². The lowest BCUT2D eigenvalue weighted by atomic mass is 9.85. The number of sulfonamides is 1. The van der Waals surface area contributed by atoms with Crippen molar-refractivity contribution < 1.29 is 22.7 Å². The Morgan fingerprint density at radius 1 is 1.15 bits per heavy atom. The average molecular weight is 574 g/mol. The molecular formula is C29H36ClN3O5S. The van der Waals surface area contributed by atoms with E-state index in [4.69, 9.17) is 21.1 Å². The number of benzene rings is 2. The van der Waals surface area contributed by atoms with Gasteiger partial charge >= 0.3 is 0 Å². The van der Waals surface area contributed by atoms with Crippen LogP contribution in [0.5, 0.6) is 0 Å². The molecule has 1 amide bonds. The van der Waals surface area contributed by atoms with Crippen molar-refractivity contribution in [2.75, 3.05) is 33.5 Å². The van der Waals surface area contributed by atoms with Crippen molar-refractivity contribution >= 4 is 38.4 Å². The van der Waals surface area contributed by atoms with Crippen LogP contribution in [0.15, 0.2) is 47.4 Å². The van der Waals surface area contributed by atoms with Crippen LogP contribution < -0.4 is 4.72 Å². The van der Waals surface area contributed by atoms with Gasteiger partial charge in [-0.05, 0) is 68.4 Å². The Bertz CT molecular complexity index is 1410. The molecule has 1 aliphatic carbocycles. The van der Waals surface area contributed by atoms with E-state index in [9.17, 15) is 13.2 Å². The second kappa shape index (κ2) is 12.0. The highest BCUT2D eigenvalue weighted by molar-refractivity contribution is 7.89. The number of carbonyl (C=O) groups excluding carboxylic acids is 1. The van der Waals surface area contributed by atoms with Gasteiger partial charge in [0.15, 0.2) is 0 Å². The quantitative estimate of drug-likeness (QED) is 0.405. The molecule has 2 fully saturated rings. The summed E-state index contributed by atoms with van der Waals surface area (Å²) in [5.41, 5.74) is 3.51. The van der Waals surface area contributed by atoms with Gasteiger partial charge in [0.1, 0.15) is 0 Å². The predicted molar refractivity (Wildman–Crippen MR) is 152 cm³/mol. The zero-order valence-corrected chi connectivity index (χ0v) is 24.0. The molecular weight excluding hydrogens is 538 g/mol.